The van der Waals surface area contributed by atoms with Gasteiger partial charge >= 0.3 is 0 Å². The molecular formula is C16H11ClN2O3. The van der Waals surface area contributed by atoms with Gasteiger partial charge < -0.3 is 4.74 Å². The molecule has 0 N–H and O–H groups in total. The Morgan fingerprint density at radius 3 is 2.59 bits per heavy atom. The normalized spacial score (nSPS) is 10.4. The zero-order chi connectivity index (χ0) is 15.9. The van der Waals surface area contributed by atoms with Crippen molar-refractivity contribution in [2.45, 2.75) is 6.61 Å². The van der Waals surface area contributed by atoms with Gasteiger partial charge in [0.15, 0.2) is 0 Å². The number of allylic oxidation sites excluding steroid dienone is 1. The highest BCUT2D eigenvalue weighted by Crippen LogP contribution is 2.27. The Labute approximate surface area is 132 Å². The van der Waals surface area contributed by atoms with Gasteiger partial charge in [-0.2, -0.15) is 5.26 Å². The summed E-state index contributed by atoms with van der Waals surface area (Å²) in [5.41, 5.74) is 1.64. The van der Waals surface area contributed by atoms with E-state index in [0.29, 0.717) is 10.8 Å². The number of nitro groups is 1. The van der Waals surface area contributed by atoms with E-state index in [1.54, 1.807) is 36.4 Å². The van der Waals surface area contributed by atoms with Crippen LogP contribution < -0.4 is 4.74 Å². The predicted molar refractivity (Wildman–Crippen MR) is 83.5 cm³/mol. The Morgan fingerprint density at radius 1 is 1.27 bits per heavy atom. The van der Waals surface area contributed by atoms with Crippen molar-refractivity contribution in [3.8, 4) is 11.8 Å². The Bertz CT molecular complexity index is 749. The maximum atomic E-state index is 10.6. The lowest BCUT2D eigenvalue weighted by Crippen LogP contribution is -1.96. The van der Waals surface area contributed by atoms with Gasteiger partial charge in [0.25, 0.3) is 5.69 Å². The molecular weight excluding hydrogens is 304 g/mol. The number of ether oxygens (including phenoxy) is 1. The summed E-state index contributed by atoms with van der Waals surface area (Å²) >= 11 is 6.11. The molecule has 0 aromatic heterocycles. The van der Waals surface area contributed by atoms with Crippen LogP contribution in [0.5, 0.6) is 5.75 Å². The SMILES string of the molecule is N#CC=Cc1ccc(OCc2ccc([N+](=O)[O-])cc2)c(Cl)c1. The molecule has 22 heavy (non-hydrogen) atoms. The molecule has 110 valence electrons. The number of non-ortho nitro benzene ring substituents is 1. The predicted octanol–water partition coefficient (Wildman–Crippen LogP) is 4.36. The first-order valence-corrected chi connectivity index (χ1v) is 6.70. The summed E-state index contributed by atoms with van der Waals surface area (Å²) in [4.78, 5) is 10.1. The highest BCUT2D eigenvalue weighted by molar-refractivity contribution is 6.32. The summed E-state index contributed by atoms with van der Waals surface area (Å²) in [5.74, 6) is 0.508. The second-order valence-corrected chi connectivity index (χ2v) is 4.77. The van der Waals surface area contributed by atoms with Crippen LogP contribution in [0.1, 0.15) is 11.1 Å². The average Bonchev–Trinajstić information content (AvgIpc) is 2.52. The van der Waals surface area contributed by atoms with Crippen molar-refractivity contribution >= 4 is 23.4 Å². The van der Waals surface area contributed by atoms with E-state index in [-0.39, 0.29) is 12.3 Å². The van der Waals surface area contributed by atoms with Crippen LogP contribution in [0.3, 0.4) is 0 Å². The van der Waals surface area contributed by atoms with Crippen molar-refractivity contribution in [1.82, 2.24) is 0 Å². The second-order valence-electron chi connectivity index (χ2n) is 4.36. The third-order valence-electron chi connectivity index (χ3n) is 2.85. The molecule has 0 heterocycles. The third-order valence-corrected chi connectivity index (χ3v) is 3.14. The van der Waals surface area contributed by atoms with Gasteiger partial charge in [0.05, 0.1) is 16.0 Å². The Balaban J connectivity index is 2.03. The van der Waals surface area contributed by atoms with Gasteiger partial charge in [-0.1, -0.05) is 17.7 Å². The number of nitro benzene ring substituents is 1. The molecule has 2 aromatic carbocycles. The molecule has 0 amide bonds. The highest BCUT2D eigenvalue weighted by Gasteiger charge is 2.06. The van der Waals surface area contributed by atoms with E-state index in [2.05, 4.69) is 0 Å². The minimum Gasteiger partial charge on any atom is -0.487 e. The van der Waals surface area contributed by atoms with Crippen molar-refractivity contribution in [1.29, 1.82) is 5.26 Å². The summed E-state index contributed by atoms with van der Waals surface area (Å²) in [6.45, 7) is 0.255. The number of nitrogens with zero attached hydrogens (tertiary/aromatic N) is 2. The number of rotatable bonds is 5. The number of benzene rings is 2. The molecule has 0 unspecified atom stereocenters. The fourth-order valence-corrected chi connectivity index (χ4v) is 1.99. The zero-order valence-electron chi connectivity index (χ0n) is 11.4. The molecule has 2 rings (SSSR count). The molecule has 0 atom stereocenters. The smallest absolute Gasteiger partial charge is 0.269 e. The van der Waals surface area contributed by atoms with E-state index < -0.39 is 4.92 Å². The maximum Gasteiger partial charge on any atom is 0.269 e. The van der Waals surface area contributed by atoms with Crippen LogP contribution in [0.4, 0.5) is 5.69 Å². The second kappa shape index (κ2) is 7.25. The number of hydrogen-bond acceptors (Lipinski definition) is 4. The first-order chi connectivity index (χ1) is 10.6. The van der Waals surface area contributed by atoms with Crippen molar-refractivity contribution in [3.05, 3.63) is 74.8 Å². The molecule has 6 heteroatoms. The van der Waals surface area contributed by atoms with Gasteiger partial charge in [-0.25, -0.2) is 0 Å². The summed E-state index contributed by atoms with van der Waals surface area (Å²) < 4.78 is 5.59. The first kappa shape index (κ1) is 15.5. The lowest BCUT2D eigenvalue weighted by atomic mass is 10.2. The van der Waals surface area contributed by atoms with Crippen LogP contribution in [0.2, 0.25) is 5.02 Å². The van der Waals surface area contributed by atoms with Gasteiger partial charge in [0, 0.05) is 18.2 Å². The standard InChI is InChI=1S/C16H11ClN2O3/c17-15-10-12(2-1-9-18)5-8-16(15)22-11-13-3-6-14(7-4-13)19(20)21/h1-8,10H,11H2. The molecule has 0 saturated carbocycles. The summed E-state index contributed by atoms with van der Waals surface area (Å²) in [7, 11) is 0. The van der Waals surface area contributed by atoms with Crippen LogP contribution in [-0.4, -0.2) is 4.92 Å². The van der Waals surface area contributed by atoms with Crippen LogP contribution in [0.15, 0.2) is 48.5 Å². The van der Waals surface area contributed by atoms with Crippen LogP contribution >= 0.6 is 11.6 Å². The molecule has 0 spiro atoms. The van der Waals surface area contributed by atoms with Gasteiger partial charge in [-0.05, 0) is 41.5 Å². The molecule has 0 aliphatic carbocycles. The average molecular weight is 315 g/mol. The Hall–Kier alpha value is -2.84. The van der Waals surface area contributed by atoms with E-state index >= 15 is 0 Å². The summed E-state index contributed by atoms with van der Waals surface area (Å²) in [5, 5.41) is 19.5. The zero-order valence-corrected chi connectivity index (χ0v) is 12.2. The topological polar surface area (TPSA) is 76.2 Å². The third kappa shape index (κ3) is 4.08. The Morgan fingerprint density at radius 2 is 2.00 bits per heavy atom. The monoisotopic (exact) mass is 314 g/mol. The van der Waals surface area contributed by atoms with Crippen molar-refractivity contribution in [2.75, 3.05) is 0 Å². The lowest BCUT2D eigenvalue weighted by Gasteiger charge is -2.08. The van der Waals surface area contributed by atoms with Gasteiger partial charge in [-0.15, -0.1) is 0 Å². The quantitative estimate of drug-likeness (QED) is 0.466. The van der Waals surface area contributed by atoms with Gasteiger partial charge in [0.2, 0.25) is 0 Å². The molecule has 2 aromatic rings. The van der Waals surface area contributed by atoms with E-state index in [1.165, 1.54) is 18.2 Å². The fourth-order valence-electron chi connectivity index (χ4n) is 1.75. The van der Waals surface area contributed by atoms with Crippen molar-refractivity contribution in [3.63, 3.8) is 0 Å². The molecule has 0 fully saturated rings. The first-order valence-electron chi connectivity index (χ1n) is 6.32. The molecule has 0 radical (unpaired) electrons. The molecule has 0 bridgehead atoms. The lowest BCUT2D eigenvalue weighted by molar-refractivity contribution is -0.384. The number of hydrogen-bond donors (Lipinski definition) is 0. The minimum atomic E-state index is -0.449. The molecule has 0 aliphatic heterocycles. The van der Waals surface area contributed by atoms with Crippen molar-refractivity contribution < 1.29 is 9.66 Å². The molecule has 0 saturated heterocycles. The number of halogens is 1. The summed E-state index contributed by atoms with van der Waals surface area (Å²) in [6, 6.07) is 13.2. The Kier molecular flexibility index (Phi) is 5.12. The van der Waals surface area contributed by atoms with Crippen LogP contribution in [-0.2, 0) is 6.61 Å². The van der Waals surface area contributed by atoms with Gasteiger partial charge in [-0.3, -0.25) is 10.1 Å². The fraction of sp³-hybridized carbons (Fsp3) is 0.0625. The van der Waals surface area contributed by atoms with E-state index in [0.717, 1.165) is 11.1 Å². The van der Waals surface area contributed by atoms with Crippen LogP contribution in [0, 0.1) is 21.4 Å². The van der Waals surface area contributed by atoms with E-state index in [1.807, 2.05) is 6.07 Å². The largest absolute Gasteiger partial charge is 0.487 e. The van der Waals surface area contributed by atoms with Crippen LogP contribution in [0.25, 0.3) is 6.08 Å². The maximum absolute atomic E-state index is 10.6. The molecule has 0 aliphatic rings. The highest BCUT2D eigenvalue weighted by atomic mass is 35.5. The van der Waals surface area contributed by atoms with E-state index in [9.17, 15) is 10.1 Å². The number of nitriles is 1. The van der Waals surface area contributed by atoms with Gasteiger partial charge in [0.1, 0.15) is 12.4 Å². The van der Waals surface area contributed by atoms with Crippen molar-refractivity contribution in [2.24, 2.45) is 0 Å². The minimum absolute atomic E-state index is 0.0374. The molecule has 5 nitrogen and oxygen atoms in total. The van der Waals surface area contributed by atoms with E-state index in [4.69, 9.17) is 21.6 Å². The summed E-state index contributed by atoms with van der Waals surface area (Å²) in [6.07, 6.45) is 3.01.